The van der Waals surface area contributed by atoms with Crippen LogP contribution in [0.2, 0.25) is 0 Å². The molecule has 4 heteroatoms. The van der Waals surface area contributed by atoms with E-state index in [9.17, 15) is 9.90 Å². The average molecular weight is 366 g/mol. The van der Waals surface area contributed by atoms with Gasteiger partial charge >= 0.3 is 5.97 Å². The van der Waals surface area contributed by atoms with Gasteiger partial charge in [0, 0.05) is 16.5 Å². The third-order valence-corrected chi connectivity index (χ3v) is 6.35. The van der Waals surface area contributed by atoms with Crippen LogP contribution in [0.25, 0.3) is 0 Å². The van der Waals surface area contributed by atoms with Crippen LogP contribution in [0.3, 0.4) is 0 Å². The fraction of sp³-hybridized carbons (Fsp3) is 0. The van der Waals surface area contributed by atoms with Crippen LogP contribution in [-0.4, -0.2) is 11.1 Å². The molecule has 0 fully saturated rings. The van der Waals surface area contributed by atoms with Crippen molar-refractivity contribution in [1.82, 2.24) is 0 Å². The van der Waals surface area contributed by atoms with E-state index < -0.39 is 13.9 Å². The minimum absolute atomic E-state index is 0. The zero-order chi connectivity index (χ0) is 15.4. The molecule has 2 nitrogen and oxygen atoms in total. The Morgan fingerprint density at radius 2 is 1.13 bits per heavy atom. The first-order chi connectivity index (χ1) is 10.8. The maximum Gasteiger partial charge on any atom is 0.339 e. The Balaban J connectivity index is 0.00000192. The molecule has 23 heavy (non-hydrogen) atoms. The molecule has 0 aliphatic rings. The Labute approximate surface area is 146 Å². The number of carbonyl (C=O) groups is 1. The monoisotopic (exact) mass is 365 g/mol. The first-order valence-corrected chi connectivity index (χ1v) is 8.58. The predicted octanol–water partition coefficient (Wildman–Crippen LogP) is 2.87. The summed E-state index contributed by atoms with van der Waals surface area (Å²) in [6.07, 6.45) is 0. The maximum atomic E-state index is 11.6. The summed E-state index contributed by atoms with van der Waals surface area (Å²) in [5.41, 5.74) is 0.393. The molecule has 0 unspecified atom stereocenters. The maximum absolute atomic E-state index is 11.6. The number of carboxylic acid groups (broad SMARTS) is 1. The second kappa shape index (κ2) is 8.06. The molecule has 0 atom stereocenters. The fourth-order valence-corrected chi connectivity index (χ4v) is 5.30. The van der Waals surface area contributed by atoms with Gasteiger partial charge in [-0.05, 0) is 36.4 Å². The predicted molar refractivity (Wildman–Crippen MR) is 93.5 cm³/mol. The Hall–Kier alpha value is -1.95. The molecule has 0 aliphatic heterocycles. The van der Waals surface area contributed by atoms with E-state index >= 15 is 0 Å². The van der Waals surface area contributed by atoms with Gasteiger partial charge in [0.05, 0.1) is 7.92 Å². The van der Waals surface area contributed by atoms with Gasteiger partial charge in [-0.2, -0.15) is 0 Å². The van der Waals surface area contributed by atoms with Crippen molar-refractivity contribution in [2.75, 3.05) is 0 Å². The Bertz CT molecular complexity index is 736. The van der Waals surface area contributed by atoms with Crippen molar-refractivity contribution < 1.29 is 26.4 Å². The van der Waals surface area contributed by atoms with Crippen molar-refractivity contribution in [2.45, 2.75) is 0 Å². The number of rotatable bonds is 4. The molecule has 0 aliphatic carbocycles. The normalized spacial score (nSPS) is 10.1. The number of aromatic carboxylic acids is 1. The third kappa shape index (κ3) is 3.88. The molecule has 0 amide bonds. The molecular formula is C19H16NiO2P+. The van der Waals surface area contributed by atoms with Gasteiger partial charge in [-0.15, -0.1) is 0 Å². The molecular weight excluding hydrogens is 350 g/mol. The summed E-state index contributed by atoms with van der Waals surface area (Å²) in [6, 6.07) is 27.7. The second-order valence-electron chi connectivity index (χ2n) is 4.96. The van der Waals surface area contributed by atoms with Crippen molar-refractivity contribution in [3.8, 4) is 0 Å². The molecule has 3 rings (SSSR count). The molecule has 0 heterocycles. The van der Waals surface area contributed by atoms with Crippen LogP contribution in [0, 0.1) is 0 Å². The van der Waals surface area contributed by atoms with E-state index in [1.54, 1.807) is 12.1 Å². The van der Waals surface area contributed by atoms with Crippen LogP contribution in [0.15, 0.2) is 84.9 Å². The number of hydrogen-bond donors (Lipinski definition) is 1. The van der Waals surface area contributed by atoms with Crippen molar-refractivity contribution in [3.05, 3.63) is 90.5 Å². The molecule has 0 aromatic heterocycles. The zero-order valence-electron chi connectivity index (χ0n) is 12.3. The van der Waals surface area contributed by atoms with Gasteiger partial charge in [0.25, 0.3) is 0 Å². The first kappa shape index (κ1) is 17.4. The Morgan fingerprint density at radius 1 is 0.696 bits per heavy atom. The summed E-state index contributed by atoms with van der Waals surface area (Å²) < 4.78 is 0. The van der Waals surface area contributed by atoms with Crippen LogP contribution in [0.4, 0.5) is 0 Å². The summed E-state index contributed by atoms with van der Waals surface area (Å²) >= 11 is 0. The number of hydrogen-bond acceptors (Lipinski definition) is 1. The van der Waals surface area contributed by atoms with Crippen LogP contribution in [-0.2, 0) is 16.5 Å². The molecule has 3 aromatic carbocycles. The molecule has 1 N–H and O–H groups in total. The standard InChI is InChI=1S/C19H15O2P.Ni/c20-19(21)17-13-7-8-14-18(17)22(15-9-3-1-4-10-15)16-11-5-2-6-12-16;/h1-14H,(H,20,21);/p+1. The summed E-state index contributed by atoms with van der Waals surface area (Å²) in [4.78, 5) is 11.6. The van der Waals surface area contributed by atoms with Gasteiger partial charge < -0.3 is 5.11 Å². The second-order valence-corrected chi connectivity index (χ2v) is 7.40. The molecule has 0 bridgehead atoms. The van der Waals surface area contributed by atoms with Gasteiger partial charge in [0.1, 0.15) is 21.5 Å². The van der Waals surface area contributed by atoms with E-state index in [0.29, 0.717) is 5.56 Å². The summed E-state index contributed by atoms with van der Waals surface area (Å²) in [5.74, 6) is -0.870. The van der Waals surface area contributed by atoms with Crippen LogP contribution >= 0.6 is 7.92 Å². The number of carboxylic acids is 1. The molecule has 3 aromatic rings. The van der Waals surface area contributed by atoms with Crippen LogP contribution in [0.1, 0.15) is 10.4 Å². The fourth-order valence-electron chi connectivity index (χ4n) is 2.57. The minimum Gasteiger partial charge on any atom is -0.478 e. The molecule has 118 valence electrons. The summed E-state index contributed by atoms with van der Waals surface area (Å²) in [7, 11) is -1.33. The van der Waals surface area contributed by atoms with Gasteiger partial charge in [0.15, 0.2) is 0 Å². The minimum atomic E-state index is -1.33. The van der Waals surface area contributed by atoms with Crippen molar-refractivity contribution >= 4 is 29.8 Å². The van der Waals surface area contributed by atoms with E-state index in [2.05, 4.69) is 24.3 Å². The summed E-state index contributed by atoms with van der Waals surface area (Å²) in [5, 5.41) is 12.8. The molecule has 0 radical (unpaired) electrons. The van der Waals surface area contributed by atoms with Crippen molar-refractivity contribution in [1.29, 1.82) is 0 Å². The smallest absolute Gasteiger partial charge is 0.339 e. The Morgan fingerprint density at radius 3 is 1.61 bits per heavy atom. The zero-order valence-corrected chi connectivity index (χ0v) is 14.2. The molecule has 0 spiro atoms. The average Bonchev–Trinajstić information content (AvgIpc) is 2.57. The van der Waals surface area contributed by atoms with E-state index in [1.807, 2.05) is 48.5 Å². The van der Waals surface area contributed by atoms with Crippen molar-refractivity contribution in [3.63, 3.8) is 0 Å². The van der Waals surface area contributed by atoms with Crippen LogP contribution < -0.4 is 15.9 Å². The topological polar surface area (TPSA) is 37.3 Å². The van der Waals surface area contributed by atoms with E-state index in [1.165, 1.54) is 10.6 Å². The number of benzene rings is 3. The van der Waals surface area contributed by atoms with E-state index in [0.717, 1.165) is 5.30 Å². The third-order valence-electron chi connectivity index (χ3n) is 3.55. The van der Waals surface area contributed by atoms with Crippen LogP contribution in [0.5, 0.6) is 0 Å². The van der Waals surface area contributed by atoms with Crippen molar-refractivity contribution in [2.24, 2.45) is 0 Å². The first-order valence-electron chi connectivity index (χ1n) is 7.08. The molecule has 0 saturated carbocycles. The SMILES string of the molecule is O=C(O)c1ccccc1[PH+](c1ccccc1)c1ccccc1.[Ni]. The summed E-state index contributed by atoms with van der Waals surface area (Å²) in [6.45, 7) is 0. The van der Waals surface area contributed by atoms with E-state index in [4.69, 9.17) is 0 Å². The van der Waals surface area contributed by atoms with Gasteiger partial charge in [0.2, 0.25) is 0 Å². The quantitative estimate of drug-likeness (QED) is 0.570. The Kier molecular flexibility index (Phi) is 6.10. The molecule has 0 saturated heterocycles. The van der Waals surface area contributed by atoms with Gasteiger partial charge in [-0.25, -0.2) is 4.79 Å². The largest absolute Gasteiger partial charge is 0.478 e. The van der Waals surface area contributed by atoms with Gasteiger partial charge in [-0.1, -0.05) is 48.5 Å². The van der Waals surface area contributed by atoms with E-state index in [-0.39, 0.29) is 16.5 Å². The van der Waals surface area contributed by atoms with Gasteiger partial charge in [-0.3, -0.25) is 0 Å².